The zero-order chi connectivity index (χ0) is 16.0. The molecule has 0 saturated carbocycles. The van der Waals surface area contributed by atoms with Crippen LogP contribution in [0.1, 0.15) is 29.6 Å². The molecule has 0 spiro atoms. The van der Waals surface area contributed by atoms with Gasteiger partial charge in [-0.15, -0.1) is 0 Å². The van der Waals surface area contributed by atoms with Crippen molar-refractivity contribution in [3.63, 3.8) is 0 Å². The minimum absolute atomic E-state index is 0.0260. The third kappa shape index (κ3) is 5.17. The van der Waals surface area contributed by atoms with Crippen LogP contribution in [0.4, 0.5) is 8.78 Å². The van der Waals surface area contributed by atoms with E-state index in [-0.39, 0.29) is 19.3 Å². The first-order valence-corrected chi connectivity index (χ1v) is 6.01. The van der Waals surface area contributed by atoms with E-state index >= 15 is 0 Å². The predicted octanol–water partition coefficient (Wildman–Crippen LogP) is 1.40. The molecule has 0 saturated heterocycles. The maximum atomic E-state index is 13.4. The first-order valence-electron chi connectivity index (χ1n) is 6.01. The molecule has 1 rings (SSSR count). The molecule has 1 atom stereocenters. The summed E-state index contributed by atoms with van der Waals surface area (Å²) in [5, 5.41) is 19.4. The summed E-state index contributed by atoms with van der Waals surface area (Å²) in [7, 11) is 0. The molecule has 1 amide bonds. The topological polar surface area (TPSA) is 104 Å². The van der Waals surface area contributed by atoms with Gasteiger partial charge in [-0.25, -0.2) is 13.6 Å². The summed E-state index contributed by atoms with van der Waals surface area (Å²) in [5.41, 5.74) is -0.612. The SMILES string of the molecule is O=C(O)CCC[C@@H](NC(=O)c1cc(F)ccc1F)C(=O)O. The molecule has 6 nitrogen and oxygen atoms in total. The molecule has 0 radical (unpaired) electrons. The molecule has 1 aromatic carbocycles. The first-order chi connectivity index (χ1) is 9.81. The highest BCUT2D eigenvalue weighted by Crippen LogP contribution is 2.11. The highest BCUT2D eigenvalue weighted by atomic mass is 19.1. The Morgan fingerprint density at radius 1 is 1.19 bits per heavy atom. The molecule has 21 heavy (non-hydrogen) atoms. The number of hydrogen-bond acceptors (Lipinski definition) is 3. The summed E-state index contributed by atoms with van der Waals surface area (Å²) in [4.78, 5) is 33.0. The molecule has 0 aliphatic carbocycles. The lowest BCUT2D eigenvalue weighted by Gasteiger charge is -2.14. The van der Waals surface area contributed by atoms with Crippen LogP contribution in [-0.4, -0.2) is 34.1 Å². The Bertz CT molecular complexity index is 561. The largest absolute Gasteiger partial charge is 0.481 e. The smallest absolute Gasteiger partial charge is 0.326 e. The maximum absolute atomic E-state index is 13.4. The van der Waals surface area contributed by atoms with E-state index in [2.05, 4.69) is 0 Å². The highest BCUT2D eigenvalue weighted by molar-refractivity contribution is 5.96. The van der Waals surface area contributed by atoms with Crippen molar-refractivity contribution in [3.05, 3.63) is 35.4 Å². The van der Waals surface area contributed by atoms with Gasteiger partial charge in [-0.2, -0.15) is 0 Å². The lowest BCUT2D eigenvalue weighted by Crippen LogP contribution is -2.41. The van der Waals surface area contributed by atoms with E-state index < -0.39 is 41.1 Å². The van der Waals surface area contributed by atoms with Crippen LogP contribution in [0, 0.1) is 11.6 Å². The van der Waals surface area contributed by atoms with Gasteiger partial charge in [-0.1, -0.05) is 0 Å². The summed E-state index contributed by atoms with van der Waals surface area (Å²) in [6, 6.07) is 0.860. The number of aliphatic carboxylic acids is 2. The second-order valence-electron chi connectivity index (χ2n) is 4.27. The van der Waals surface area contributed by atoms with E-state index in [4.69, 9.17) is 10.2 Å². The van der Waals surface area contributed by atoms with Gasteiger partial charge in [-0.3, -0.25) is 9.59 Å². The number of carboxylic acids is 2. The van der Waals surface area contributed by atoms with Crippen molar-refractivity contribution in [2.75, 3.05) is 0 Å². The number of nitrogens with one attached hydrogen (secondary N) is 1. The van der Waals surface area contributed by atoms with E-state index in [9.17, 15) is 23.2 Å². The Balaban J connectivity index is 2.74. The Labute approximate surface area is 118 Å². The van der Waals surface area contributed by atoms with Gasteiger partial charge >= 0.3 is 11.9 Å². The summed E-state index contributed by atoms with van der Waals surface area (Å²) < 4.78 is 26.3. The number of carbonyl (C=O) groups is 3. The van der Waals surface area contributed by atoms with Crippen molar-refractivity contribution < 1.29 is 33.4 Å². The summed E-state index contributed by atoms with van der Waals surface area (Å²) in [6.07, 6.45) is -0.365. The maximum Gasteiger partial charge on any atom is 0.326 e. The number of benzene rings is 1. The van der Waals surface area contributed by atoms with Crippen molar-refractivity contribution in [1.29, 1.82) is 0 Å². The Morgan fingerprint density at radius 2 is 1.86 bits per heavy atom. The monoisotopic (exact) mass is 301 g/mol. The molecule has 114 valence electrons. The molecule has 0 aliphatic rings. The first kappa shape index (κ1) is 16.5. The van der Waals surface area contributed by atoms with Crippen molar-refractivity contribution >= 4 is 17.8 Å². The molecular weight excluding hydrogens is 288 g/mol. The van der Waals surface area contributed by atoms with E-state index in [1.807, 2.05) is 5.32 Å². The van der Waals surface area contributed by atoms with Crippen molar-refractivity contribution in [2.45, 2.75) is 25.3 Å². The molecule has 0 aromatic heterocycles. The summed E-state index contributed by atoms with van der Waals surface area (Å²) in [6.45, 7) is 0. The average Bonchev–Trinajstić information content (AvgIpc) is 2.39. The molecule has 0 bridgehead atoms. The fraction of sp³-hybridized carbons (Fsp3) is 0.308. The molecule has 0 aliphatic heterocycles. The number of hydrogen-bond donors (Lipinski definition) is 3. The number of halogens is 2. The highest BCUT2D eigenvalue weighted by Gasteiger charge is 2.22. The Morgan fingerprint density at radius 3 is 2.43 bits per heavy atom. The Hall–Kier alpha value is -2.51. The fourth-order valence-electron chi connectivity index (χ4n) is 1.62. The molecule has 8 heteroatoms. The quantitative estimate of drug-likeness (QED) is 0.706. The second kappa shape index (κ2) is 7.32. The molecule has 0 heterocycles. The number of amides is 1. The second-order valence-corrected chi connectivity index (χ2v) is 4.27. The number of rotatable bonds is 7. The van der Waals surface area contributed by atoms with Gasteiger partial charge in [-0.05, 0) is 31.0 Å². The van der Waals surface area contributed by atoms with E-state index in [1.165, 1.54) is 0 Å². The third-order valence-electron chi connectivity index (χ3n) is 2.66. The van der Waals surface area contributed by atoms with Crippen LogP contribution in [0.25, 0.3) is 0 Å². The molecule has 0 unspecified atom stereocenters. The fourth-order valence-corrected chi connectivity index (χ4v) is 1.62. The van der Waals surface area contributed by atoms with Gasteiger partial charge in [0, 0.05) is 6.42 Å². The third-order valence-corrected chi connectivity index (χ3v) is 2.66. The normalized spacial score (nSPS) is 11.7. The van der Waals surface area contributed by atoms with Crippen molar-refractivity contribution in [2.24, 2.45) is 0 Å². The predicted molar refractivity (Wildman–Crippen MR) is 66.7 cm³/mol. The zero-order valence-electron chi connectivity index (χ0n) is 10.8. The minimum Gasteiger partial charge on any atom is -0.481 e. The van der Waals surface area contributed by atoms with Crippen LogP contribution in [0.15, 0.2) is 18.2 Å². The van der Waals surface area contributed by atoms with E-state index in [0.717, 1.165) is 12.1 Å². The van der Waals surface area contributed by atoms with Crippen molar-refractivity contribution in [1.82, 2.24) is 5.32 Å². The Kier molecular flexibility index (Phi) is 5.77. The van der Waals surface area contributed by atoms with Crippen molar-refractivity contribution in [3.8, 4) is 0 Å². The molecule has 1 aromatic rings. The molecule has 3 N–H and O–H groups in total. The van der Waals surface area contributed by atoms with Crippen LogP contribution in [0.5, 0.6) is 0 Å². The van der Waals surface area contributed by atoms with Crippen LogP contribution >= 0.6 is 0 Å². The zero-order valence-corrected chi connectivity index (χ0v) is 10.8. The van der Waals surface area contributed by atoms with Crippen LogP contribution < -0.4 is 5.32 Å². The lowest BCUT2D eigenvalue weighted by atomic mass is 10.1. The number of carboxylic acid groups (broad SMARTS) is 2. The molecular formula is C13H13F2NO5. The van der Waals surface area contributed by atoms with Crippen LogP contribution in [-0.2, 0) is 9.59 Å². The van der Waals surface area contributed by atoms with Crippen LogP contribution in [0.3, 0.4) is 0 Å². The van der Waals surface area contributed by atoms with Crippen LogP contribution in [0.2, 0.25) is 0 Å². The lowest BCUT2D eigenvalue weighted by molar-refractivity contribution is -0.140. The van der Waals surface area contributed by atoms with Gasteiger partial charge in [0.1, 0.15) is 17.7 Å². The number of carbonyl (C=O) groups excluding carboxylic acids is 1. The van der Waals surface area contributed by atoms with Gasteiger partial charge < -0.3 is 15.5 Å². The summed E-state index contributed by atoms with van der Waals surface area (Å²) in [5.74, 6) is -5.37. The van der Waals surface area contributed by atoms with Gasteiger partial charge in [0.05, 0.1) is 5.56 Å². The van der Waals surface area contributed by atoms with Gasteiger partial charge in [0.15, 0.2) is 0 Å². The van der Waals surface area contributed by atoms with E-state index in [0.29, 0.717) is 6.07 Å². The minimum atomic E-state index is -1.38. The van der Waals surface area contributed by atoms with Gasteiger partial charge in [0.2, 0.25) is 0 Å². The standard InChI is InChI=1S/C13H13F2NO5/c14-7-4-5-9(15)8(6-7)12(19)16-10(13(20)21)2-1-3-11(17)18/h4-6,10H,1-3H2,(H,16,19)(H,17,18)(H,20,21)/t10-/m1/s1. The average molecular weight is 301 g/mol. The van der Waals surface area contributed by atoms with Gasteiger partial charge in [0.25, 0.3) is 5.91 Å². The summed E-state index contributed by atoms with van der Waals surface area (Å²) >= 11 is 0. The van der Waals surface area contributed by atoms with E-state index in [1.54, 1.807) is 0 Å². The molecule has 0 fully saturated rings.